The van der Waals surface area contributed by atoms with Gasteiger partial charge in [0, 0.05) is 0 Å². The van der Waals surface area contributed by atoms with Gasteiger partial charge < -0.3 is 54.7 Å². The van der Waals surface area contributed by atoms with E-state index in [1.54, 1.807) is 0 Å². The number of esters is 1. The molecule has 0 amide bonds. The van der Waals surface area contributed by atoms with Crippen LogP contribution in [0.5, 0.6) is 0 Å². The van der Waals surface area contributed by atoms with E-state index < -0.39 is 86.9 Å². The maximum atomic E-state index is 11.4. The zero-order valence-electron chi connectivity index (χ0n) is 14.3. The fourth-order valence-corrected chi connectivity index (χ4v) is 2.90. The Morgan fingerprint density at radius 1 is 0.821 bits per heavy atom. The van der Waals surface area contributed by atoms with Crippen molar-refractivity contribution in [1.29, 1.82) is 0 Å². The average molecular weight is 414 g/mol. The highest BCUT2D eigenvalue weighted by molar-refractivity contribution is 5.74. The van der Waals surface area contributed by atoms with E-state index >= 15 is 0 Å². The Morgan fingerprint density at radius 2 is 1.50 bits per heavy atom. The first-order valence-corrected chi connectivity index (χ1v) is 8.39. The van der Waals surface area contributed by atoms with Gasteiger partial charge in [0.1, 0.15) is 55.4 Å². The molecule has 0 unspecified atom stereocenters. The smallest absolute Gasteiger partial charge is 0.369 e. The van der Waals surface area contributed by atoms with E-state index in [2.05, 4.69) is 9.78 Å². The maximum Gasteiger partial charge on any atom is 0.369 e. The van der Waals surface area contributed by atoms with Crippen molar-refractivity contribution in [3.63, 3.8) is 0 Å². The molecule has 14 nitrogen and oxygen atoms in total. The molecule has 7 N–H and O–H groups in total. The molecule has 0 saturated carbocycles. The number of hydrogen-bond acceptors (Lipinski definition) is 14. The summed E-state index contributed by atoms with van der Waals surface area (Å²) < 4.78 is 20.4. The van der Waals surface area contributed by atoms with Gasteiger partial charge in [0.05, 0.1) is 6.61 Å². The molecule has 0 radical (unpaired) electrons. The summed E-state index contributed by atoms with van der Waals surface area (Å²) in [6, 6.07) is 0. The molecule has 0 spiro atoms. The van der Waals surface area contributed by atoms with Gasteiger partial charge in [-0.15, -0.1) is 0 Å². The first-order valence-electron chi connectivity index (χ1n) is 8.39. The van der Waals surface area contributed by atoms with Crippen LogP contribution in [0.1, 0.15) is 0 Å². The third-order valence-corrected chi connectivity index (χ3v) is 4.57. The highest BCUT2D eigenvalue weighted by Gasteiger charge is 2.50. The van der Waals surface area contributed by atoms with E-state index in [0.717, 1.165) is 0 Å². The zero-order chi connectivity index (χ0) is 20.6. The van der Waals surface area contributed by atoms with E-state index in [-0.39, 0.29) is 0 Å². The zero-order valence-corrected chi connectivity index (χ0v) is 14.3. The first kappa shape index (κ1) is 21.7. The van der Waals surface area contributed by atoms with Crippen LogP contribution in [0, 0.1) is 0 Å². The average Bonchev–Trinajstić information content (AvgIpc) is 3.52. The lowest BCUT2D eigenvalue weighted by Gasteiger charge is -2.45. The Kier molecular flexibility index (Phi) is 6.80. The lowest BCUT2D eigenvalue weighted by Crippen LogP contribution is -2.64. The lowest BCUT2D eigenvalue weighted by molar-refractivity contribution is -0.355. The first-order chi connectivity index (χ1) is 13.2. The number of aliphatic hydroxyl groups is 7. The van der Waals surface area contributed by atoms with Crippen molar-refractivity contribution < 1.29 is 69.3 Å². The Balaban J connectivity index is 1.65. The molecule has 28 heavy (non-hydrogen) atoms. The molecule has 162 valence electrons. The van der Waals surface area contributed by atoms with Crippen LogP contribution in [0.4, 0.5) is 0 Å². The molecule has 0 aliphatic carbocycles. The van der Waals surface area contributed by atoms with Crippen molar-refractivity contribution in [2.75, 3.05) is 13.2 Å². The molecular formula is C14H22O14. The van der Waals surface area contributed by atoms with E-state index in [9.17, 15) is 40.5 Å². The van der Waals surface area contributed by atoms with E-state index in [0.29, 0.717) is 0 Å². The summed E-state index contributed by atoms with van der Waals surface area (Å²) in [6.07, 6.45) is -17.5. The molecule has 0 aromatic rings. The molecular weight excluding hydrogens is 392 g/mol. The van der Waals surface area contributed by atoms with Crippen molar-refractivity contribution >= 4 is 5.97 Å². The number of rotatable bonds is 6. The minimum Gasteiger partial charge on any atom is -0.459 e. The second-order valence-electron chi connectivity index (χ2n) is 6.50. The third kappa shape index (κ3) is 4.43. The fourth-order valence-electron chi connectivity index (χ4n) is 2.90. The molecule has 3 fully saturated rings. The Morgan fingerprint density at radius 3 is 2.11 bits per heavy atom. The summed E-state index contributed by atoms with van der Waals surface area (Å²) in [5, 5.41) is 68.7. The number of carbonyl (C=O) groups excluding carboxylic acids is 1. The van der Waals surface area contributed by atoms with Crippen molar-refractivity contribution in [2.45, 2.75) is 67.7 Å². The molecule has 3 saturated heterocycles. The minimum absolute atomic E-state index is 0.554. The molecule has 0 bridgehead atoms. The summed E-state index contributed by atoms with van der Waals surface area (Å²) in [7, 11) is 0. The summed E-state index contributed by atoms with van der Waals surface area (Å²) in [5.41, 5.74) is 0. The fraction of sp³-hybridized carbons (Fsp3) is 0.929. The largest absolute Gasteiger partial charge is 0.459 e. The molecule has 3 aliphatic heterocycles. The second kappa shape index (κ2) is 8.78. The Labute approximate surface area is 157 Å². The van der Waals surface area contributed by atoms with Crippen LogP contribution in [0.25, 0.3) is 0 Å². The highest BCUT2D eigenvalue weighted by Crippen LogP contribution is 2.29. The lowest BCUT2D eigenvalue weighted by atomic mass is 9.97. The van der Waals surface area contributed by atoms with Gasteiger partial charge in [-0.3, -0.25) is 0 Å². The highest BCUT2D eigenvalue weighted by atomic mass is 17.4. The minimum atomic E-state index is -1.80. The molecule has 3 heterocycles. The van der Waals surface area contributed by atoms with Gasteiger partial charge >= 0.3 is 12.3 Å². The van der Waals surface area contributed by atoms with Crippen LogP contribution < -0.4 is 0 Å². The maximum absolute atomic E-state index is 11.4. The summed E-state index contributed by atoms with van der Waals surface area (Å²) in [5.74, 6) is -0.901. The monoisotopic (exact) mass is 414 g/mol. The Bertz CT molecular complexity index is 540. The molecule has 3 rings (SSSR count). The van der Waals surface area contributed by atoms with Gasteiger partial charge in [0.2, 0.25) is 0 Å². The van der Waals surface area contributed by atoms with Crippen LogP contribution in [0.15, 0.2) is 0 Å². The van der Waals surface area contributed by atoms with Gasteiger partial charge in [0.15, 0.2) is 12.6 Å². The number of hydrogen-bond donors (Lipinski definition) is 7. The van der Waals surface area contributed by atoms with Crippen LogP contribution >= 0.6 is 0 Å². The van der Waals surface area contributed by atoms with Crippen molar-refractivity contribution in [1.82, 2.24) is 0 Å². The molecule has 0 aromatic heterocycles. The normalized spacial score (nSPS) is 47.0. The topological polar surface area (TPSA) is 221 Å². The second-order valence-corrected chi connectivity index (χ2v) is 6.50. The van der Waals surface area contributed by atoms with Gasteiger partial charge in [0.25, 0.3) is 0 Å². The van der Waals surface area contributed by atoms with Gasteiger partial charge in [-0.25, -0.2) is 4.79 Å². The molecule has 0 aromatic carbocycles. The molecule has 14 heteroatoms. The predicted molar refractivity (Wildman–Crippen MR) is 78.5 cm³/mol. The summed E-state index contributed by atoms with van der Waals surface area (Å²) in [4.78, 5) is 19.9. The van der Waals surface area contributed by atoms with E-state index in [4.69, 9.17) is 18.9 Å². The van der Waals surface area contributed by atoms with E-state index in [1.807, 2.05) is 0 Å². The van der Waals surface area contributed by atoms with Crippen LogP contribution in [-0.2, 0) is 33.5 Å². The number of aliphatic hydroxyl groups excluding tert-OH is 7. The van der Waals surface area contributed by atoms with Crippen LogP contribution in [-0.4, -0.2) is 123 Å². The molecule has 10 atom stereocenters. The van der Waals surface area contributed by atoms with Crippen LogP contribution in [0.2, 0.25) is 0 Å². The number of carbonyl (C=O) groups is 1. The van der Waals surface area contributed by atoms with Gasteiger partial charge in [-0.1, -0.05) is 0 Å². The van der Waals surface area contributed by atoms with Crippen molar-refractivity contribution in [3.05, 3.63) is 0 Å². The summed E-state index contributed by atoms with van der Waals surface area (Å²) in [6.45, 7) is -1.27. The quantitative estimate of drug-likeness (QED) is 0.122. The van der Waals surface area contributed by atoms with Gasteiger partial charge in [-0.2, -0.15) is 9.78 Å². The predicted octanol–water partition coefficient (Wildman–Crippen LogP) is -5.56. The summed E-state index contributed by atoms with van der Waals surface area (Å²) >= 11 is 0. The standard InChI is InChI=1S/C14H22O14/c15-1-3-10(7(18)8(19)11(21)24-3)26-13-9(20)6(17)5(16)4(25-13)2-23-12(22)14-27-28-14/h3-11,13-21H,1-2H2/t3-,4-,5+,6+,7-,8-,9-,10-,11+,13+/m1/s1. The van der Waals surface area contributed by atoms with Crippen LogP contribution in [0.3, 0.4) is 0 Å². The van der Waals surface area contributed by atoms with Crippen molar-refractivity contribution in [3.8, 4) is 0 Å². The third-order valence-electron chi connectivity index (χ3n) is 4.57. The van der Waals surface area contributed by atoms with Crippen molar-refractivity contribution in [2.24, 2.45) is 0 Å². The molecule has 3 aliphatic rings. The number of ether oxygens (including phenoxy) is 4. The van der Waals surface area contributed by atoms with E-state index in [1.165, 1.54) is 0 Å². The van der Waals surface area contributed by atoms with Gasteiger partial charge in [-0.05, 0) is 0 Å². The SMILES string of the molecule is O=C(OC[C@H]1O[C@@H](O[C@H]2[C@H](O)[C@@H](O)[C@@H](O)O[C@@H]2CO)[C@H](O)[C@@H](O)[C@H]1O)C1OO1. The Hall–Kier alpha value is -1.01.